The zero-order valence-corrected chi connectivity index (χ0v) is 14.7. The first-order valence-corrected chi connectivity index (χ1v) is 8.54. The number of carbonyl (C=O) groups excluding carboxylic acids is 1. The zero-order chi connectivity index (χ0) is 20.3. The van der Waals surface area contributed by atoms with Gasteiger partial charge in [-0.2, -0.15) is 8.78 Å². The second-order valence-corrected chi connectivity index (χ2v) is 6.34. The molecule has 2 heterocycles. The van der Waals surface area contributed by atoms with Gasteiger partial charge in [0, 0.05) is 12.6 Å². The Morgan fingerprint density at radius 2 is 2.04 bits per heavy atom. The van der Waals surface area contributed by atoms with E-state index in [0.29, 0.717) is 11.0 Å². The number of nitrogens with zero attached hydrogens (tertiary/aromatic N) is 2. The number of ether oxygens (including phenoxy) is 2. The van der Waals surface area contributed by atoms with Gasteiger partial charge in [-0.25, -0.2) is 14.3 Å². The summed E-state index contributed by atoms with van der Waals surface area (Å²) in [6.07, 6.45) is -4.42. The van der Waals surface area contributed by atoms with E-state index >= 15 is 0 Å². The number of rotatable bonds is 6. The van der Waals surface area contributed by atoms with Crippen LogP contribution in [-0.4, -0.2) is 45.4 Å². The zero-order valence-electron chi connectivity index (χ0n) is 14.7. The summed E-state index contributed by atoms with van der Waals surface area (Å²) in [5, 5.41) is 9.91. The van der Waals surface area contributed by atoms with E-state index in [1.54, 1.807) is 0 Å². The molecule has 0 unspecified atom stereocenters. The first-order valence-electron chi connectivity index (χ1n) is 8.54. The van der Waals surface area contributed by atoms with Crippen LogP contribution in [0.3, 0.4) is 0 Å². The minimum Gasteiger partial charge on any atom is -0.463 e. The minimum absolute atomic E-state index is 0.0433. The summed E-state index contributed by atoms with van der Waals surface area (Å²) in [5.41, 5.74) is 5.45. The van der Waals surface area contributed by atoms with Crippen molar-refractivity contribution in [3.8, 4) is 0 Å². The Labute approximate surface area is 158 Å². The second-order valence-electron chi connectivity index (χ2n) is 6.34. The molecule has 1 fully saturated rings. The number of anilines is 1. The van der Waals surface area contributed by atoms with Crippen molar-refractivity contribution in [2.24, 2.45) is 0 Å². The van der Waals surface area contributed by atoms with Gasteiger partial charge in [-0.1, -0.05) is 30.3 Å². The highest BCUT2D eigenvalue weighted by Gasteiger charge is 2.60. The van der Waals surface area contributed by atoms with Crippen molar-refractivity contribution in [3.05, 3.63) is 58.6 Å². The van der Waals surface area contributed by atoms with Gasteiger partial charge in [0.1, 0.15) is 18.5 Å². The summed E-state index contributed by atoms with van der Waals surface area (Å²) in [5.74, 6) is -4.75. The molecule has 3 atom stereocenters. The number of nitrogen functional groups attached to an aromatic ring is 1. The number of benzene rings is 1. The number of carbonyl (C=O) groups is 1. The largest absolute Gasteiger partial charge is 0.463 e. The molecule has 3 N–H and O–H groups in total. The fraction of sp³-hybridized carbons (Fsp3) is 0.389. The van der Waals surface area contributed by atoms with Crippen LogP contribution in [0.1, 0.15) is 18.2 Å². The monoisotopic (exact) mass is 395 g/mol. The van der Waals surface area contributed by atoms with Gasteiger partial charge in [-0.3, -0.25) is 4.79 Å². The molecular formula is C18H19F2N3O5. The Balaban J connectivity index is 1.62. The predicted molar refractivity (Wildman–Crippen MR) is 93.5 cm³/mol. The first kappa shape index (κ1) is 19.9. The van der Waals surface area contributed by atoms with E-state index in [2.05, 4.69) is 4.98 Å². The number of alkyl halides is 2. The number of aliphatic hydroxyl groups excluding tert-OH is 1. The number of aryl methyl sites for hydroxylation is 1. The number of nitrogens with two attached hydrogens (primary N) is 1. The fourth-order valence-corrected chi connectivity index (χ4v) is 2.89. The lowest BCUT2D eigenvalue weighted by Crippen LogP contribution is -2.42. The number of aliphatic hydroxyl groups is 1. The number of hydrogen-bond donors (Lipinski definition) is 2. The van der Waals surface area contributed by atoms with E-state index in [4.69, 9.17) is 15.2 Å². The normalized spacial score (nSPS) is 23.5. The highest BCUT2D eigenvalue weighted by molar-refractivity contribution is 5.69. The van der Waals surface area contributed by atoms with Crippen molar-refractivity contribution in [2.75, 3.05) is 12.3 Å². The molecule has 1 aliphatic heterocycles. The summed E-state index contributed by atoms with van der Waals surface area (Å²) in [6, 6.07) is 10.4. The van der Waals surface area contributed by atoms with Gasteiger partial charge in [0.05, 0.1) is 0 Å². The molecule has 0 aliphatic carbocycles. The third-order valence-corrected chi connectivity index (χ3v) is 4.40. The lowest BCUT2D eigenvalue weighted by molar-refractivity contribution is -0.150. The molecule has 2 aromatic rings. The third kappa shape index (κ3) is 4.02. The lowest BCUT2D eigenvalue weighted by atomic mass is 10.1. The van der Waals surface area contributed by atoms with Gasteiger partial charge in [0.2, 0.25) is 6.23 Å². The number of esters is 1. The van der Waals surface area contributed by atoms with E-state index in [1.165, 1.54) is 0 Å². The average Bonchev–Trinajstić information content (AvgIpc) is 2.89. The maximum atomic E-state index is 14.4. The summed E-state index contributed by atoms with van der Waals surface area (Å²) < 4.78 is 39.4. The molecule has 3 rings (SSSR count). The predicted octanol–water partition coefficient (Wildman–Crippen LogP) is 0.895. The lowest BCUT2D eigenvalue weighted by Gasteiger charge is -2.22. The molecule has 0 saturated carbocycles. The van der Waals surface area contributed by atoms with Crippen molar-refractivity contribution >= 4 is 11.8 Å². The van der Waals surface area contributed by atoms with Gasteiger partial charge < -0.3 is 20.3 Å². The van der Waals surface area contributed by atoms with Crippen molar-refractivity contribution in [2.45, 2.75) is 37.2 Å². The summed E-state index contributed by atoms with van der Waals surface area (Å²) >= 11 is 0. The van der Waals surface area contributed by atoms with Crippen molar-refractivity contribution in [3.63, 3.8) is 0 Å². The Morgan fingerprint density at radius 3 is 2.71 bits per heavy atom. The summed E-state index contributed by atoms with van der Waals surface area (Å²) in [4.78, 5) is 27.0. The molecule has 1 saturated heterocycles. The molecule has 0 bridgehead atoms. The van der Waals surface area contributed by atoms with Crippen molar-refractivity contribution in [1.82, 2.24) is 9.55 Å². The van der Waals surface area contributed by atoms with Crippen LogP contribution < -0.4 is 11.4 Å². The molecule has 0 spiro atoms. The topological polar surface area (TPSA) is 117 Å². The first-order chi connectivity index (χ1) is 13.3. The number of hydrogen-bond acceptors (Lipinski definition) is 7. The maximum Gasteiger partial charge on any atom is 0.351 e. The molecule has 1 aliphatic rings. The van der Waals surface area contributed by atoms with Crippen LogP contribution in [0.4, 0.5) is 14.6 Å². The van der Waals surface area contributed by atoms with Gasteiger partial charge in [-0.15, -0.1) is 0 Å². The molecule has 28 heavy (non-hydrogen) atoms. The minimum atomic E-state index is -3.83. The quantitative estimate of drug-likeness (QED) is 0.698. The molecular weight excluding hydrogens is 376 g/mol. The van der Waals surface area contributed by atoms with Crippen LogP contribution >= 0.6 is 0 Å². The van der Waals surface area contributed by atoms with Crippen LogP contribution in [0.15, 0.2) is 47.4 Å². The Kier molecular flexibility index (Phi) is 5.71. The maximum absolute atomic E-state index is 14.4. The van der Waals surface area contributed by atoms with Crippen molar-refractivity contribution in [1.29, 1.82) is 0 Å². The molecule has 1 aromatic carbocycles. The van der Waals surface area contributed by atoms with Crippen LogP contribution in [0.5, 0.6) is 0 Å². The standard InChI is InChI=1S/C18H19F2N3O5/c19-18(20)15(25)12(28-16(18)23-13(21)8-9-22-17(23)26)10-27-14(24)7-6-11-4-2-1-3-5-11/h1-5,8-9,12,15-16,25H,6-7,10,21H2/t12-,15-,16-/m1/s1. The number of aromatic nitrogens is 2. The molecule has 150 valence electrons. The SMILES string of the molecule is Nc1ccnc(=O)n1[C@@H]1O[C@H](COC(=O)CCc2ccccc2)[C@@H](O)C1(F)F. The van der Waals surface area contributed by atoms with Crippen LogP contribution in [0.25, 0.3) is 0 Å². The smallest absolute Gasteiger partial charge is 0.351 e. The molecule has 10 heteroatoms. The van der Waals surface area contributed by atoms with Gasteiger partial charge >= 0.3 is 17.6 Å². The van der Waals surface area contributed by atoms with E-state index in [1.807, 2.05) is 30.3 Å². The average molecular weight is 395 g/mol. The van der Waals surface area contributed by atoms with Crippen LogP contribution in [0.2, 0.25) is 0 Å². The highest BCUT2D eigenvalue weighted by Crippen LogP contribution is 2.43. The Bertz CT molecular complexity index is 890. The van der Waals surface area contributed by atoms with Crippen LogP contribution in [-0.2, 0) is 20.7 Å². The van der Waals surface area contributed by atoms with E-state index in [0.717, 1.165) is 17.8 Å². The second kappa shape index (κ2) is 8.03. The van der Waals surface area contributed by atoms with Gasteiger partial charge in [-0.05, 0) is 18.1 Å². The fourth-order valence-electron chi connectivity index (χ4n) is 2.89. The van der Waals surface area contributed by atoms with E-state index in [9.17, 15) is 23.5 Å². The van der Waals surface area contributed by atoms with Crippen molar-refractivity contribution < 1.29 is 28.2 Å². The summed E-state index contributed by atoms with van der Waals surface area (Å²) in [7, 11) is 0. The van der Waals surface area contributed by atoms with E-state index < -0.39 is 42.6 Å². The van der Waals surface area contributed by atoms with Crippen LogP contribution in [0, 0.1) is 0 Å². The third-order valence-electron chi connectivity index (χ3n) is 4.40. The van der Waals surface area contributed by atoms with Gasteiger partial charge in [0.25, 0.3) is 0 Å². The molecule has 0 amide bonds. The molecule has 8 nitrogen and oxygen atoms in total. The highest BCUT2D eigenvalue weighted by atomic mass is 19.3. The summed E-state index contributed by atoms with van der Waals surface area (Å²) in [6.45, 7) is -0.588. The number of halogens is 2. The Morgan fingerprint density at radius 1 is 1.32 bits per heavy atom. The molecule has 0 radical (unpaired) electrons. The molecule has 1 aromatic heterocycles. The Hall–Kier alpha value is -2.85. The van der Waals surface area contributed by atoms with Gasteiger partial charge in [0.15, 0.2) is 6.10 Å². The van der Waals surface area contributed by atoms with E-state index in [-0.39, 0.29) is 12.2 Å².